The fraction of sp³-hybridized carbons (Fsp3) is 0.0833. The predicted octanol–water partition coefficient (Wildman–Crippen LogP) is 12.7. The van der Waals surface area contributed by atoms with E-state index < -0.39 is 0 Å². The zero-order valence-corrected chi connectivity index (χ0v) is 29.2. The van der Waals surface area contributed by atoms with Gasteiger partial charge in [0.05, 0.1) is 22.7 Å². The van der Waals surface area contributed by atoms with Crippen LogP contribution in [0.1, 0.15) is 22.3 Å². The molecular formula is C48H36N4. The first kappa shape index (κ1) is 30.3. The highest BCUT2D eigenvalue weighted by Crippen LogP contribution is 2.50. The number of fused-ring (bicyclic) bond motifs is 2. The van der Waals surface area contributed by atoms with E-state index in [9.17, 15) is 0 Å². The van der Waals surface area contributed by atoms with Gasteiger partial charge >= 0.3 is 0 Å². The second-order valence-corrected chi connectivity index (χ2v) is 13.8. The van der Waals surface area contributed by atoms with Crippen LogP contribution in [0, 0.1) is 13.8 Å². The molecule has 9 aromatic rings. The quantitative estimate of drug-likeness (QED) is 0.165. The summed E-state index contributed by atoms with van der Waals surface area (Å²) in [4.78, 5) is 14.7. The van der Waals surface area contributed by atoms with Gasteiger partial charge in [-0.1, -0.05) is 97.1 Å². The van der Waals surface area contributed by atoms with Gasteiger partial charge in [0.1, 0.15) is 11.6 Å². The molecule has 4 nitrogen and oxygen atoms in total. The Labute approximate surface area is 303 Å². The summed E-state index contributed by atoms with van der Waals surface area (Å²) in [5.41, 5.74) is 9.93. The van der Waals surface area contributed by atoms with E-state index in [0.717, 1.165) is 41.5 Å². The first-order valence-electron chi connectivity index (χ1n) is 18.0. The molecule has 0 amide bonds. The van der Waals surface area contributed by atoms with Crippen LogP contribution < -0.4 is 9.80 Å². The van der Waals surface area contributed by atoms with Crippen molar-refractivity contribution in [1.29, 1.82) is 0 Å². The number of anilines is 6. The Bertz CT molecular complexity index is 2820. The molecule has 2 heterocycles. The van der Waals surface area contributed by atoms with E-state index >= 15 is 0 Å². The van der Waals surface area contributed by atoms with Crippen LogP contribution in [0.5, 0.6) is 0 Å². The van der Waals surface area contributed by atoms with E-state index in [1.54, 1.807) is 0 Å². The normalized spacial score (nSPS) is 12.3. The summed E-state index contributed by atoms with van der Waals surface area (Å²) in [5, 5.41) is 10.0. The van der Waals surface area contributed by atoms with Gasteiger partial charge in [-0.15, -0.1) is 0 Å². The first-order chi connectivity index (χ1) is 25.7. The maximum atomic E-state index is 4.96. The zero-order chi connectivity index (χ0) is 34.8. The summed E-state index contributed by atoms with van der Waals surface area (Å²) in [6, 6.07) is 52.3. The molecule has 1 aliphatic carbocycles. The van der Waals surface area contributed by atoms with Crippen molar-refractivity contribution in [1.82, 2.24) is 9.97 Å². The highest BCUT2D eigenvalue weighted by molar-refractivity contribution is 6.19. The fourth-order valence-corrected chi connectivity index (χ4v) is 8.58. The molecule has 1 aliphatic rings. The molecule has 0 radical (unpaired) electrons. The van der Waals surface area contributed by atoms with Crippen molar-refractivity contribution in [2.24, 2.45) is 0 Å². The molecule has 52 heavy (non-hydrogen) atoms. The predicted molar refractivity (Wildman–Crippen MR) is 218 cm³/mol. The van der Waals surface area contributed by atoms with E-state index in [1.165, 1.54) is 71.0 Å². The van der Waals surface area contributed by atoms with Crippen molar-refractivity contribution in [3.8, 4) is 0 Å². The molecule has 0 spiro atoms. The lowest BCUT2D eigenvalue weighted by Gasteiger charge is -2.33. The van der Waals surface area contributed by atoms with Gasteiger partial charge in [0.15, 0.2) is 0 Å². The Morgan fingerprint density at radius 2 is 0.904 bits per heavy atom. The summed E-state index contributed by atoms with van der Waals surface area (Å²) >= 11 is 0. The number of benzene rings is 7. The molecule has 10 rings (SSSR count). The molecule has 0 aliphatic heterocycles. The first-order valence-corrected chi connectivity index (χ1v) is 18.0. The van der Waals surface area contributed by atoms with Crippen LogP contribution in [-0.2, 0) is 12.8 Å². The number of hydrogen-bond donors (Lipinski definition) is 0. The summed E-state index contributed by atoms with van der Waals surface area (Å²) in [7, 11) is 0. The fourth-order valence-electron chi connectivity index (χ4n) is 8.58. The minimum absolute atomic E-state index is 0.895. The van der Waals surface area contributed by atoms with Crippen molar-refractivity contribution >= 4 is 77.5 Å². The van der Waals surface area contributed by atoms with Gasteiger partial charge in [0.2, 0.25) is 0 Å². The van der Waals surface area contributed by atoms with E-state index in [0.29, 0.717) is 0 Å². The Hall–Kier alpha value is -6.52. The second-order valence-electron chi connectivity index (χ2n) is 13.8. The second kappa shape index (κ2) is 12.1. The van der Waals surface area contributed by atoms with Crippen molar-refractivity contribution < 1.29 is 0 Å². The molecule has 0 saturated heterocycles. The van der Waals surface area contributed by atoms with Crippen molar-refractivity contribution in [3.63, 3.8) is 0 Å². The lowest BCUT2D eigenvalue weighted by Crippen LogP contribution is -2.17. The van der Waals surface area contributed by atoms with Gasteiger partial charge in [0, 0.05) is 28.6 Å². The number of rotatable bonds is 6. The Morgan fingerprint density at radius 1 is 0.404 bits per heavy atom. The molecule has 0 bridgehead atoms. The summed E-state index contributed by atoms with van der Waals surface area (Å²) in [5.74, 6) is 1.81. The van der Waals surface area contributed by atoms with Crippen molar-refractivity contribution in [2.45, 2.75) is 26.7 Å². The van der Waals surface area contributed by atoms with Crippen LogP contribution in [-0.4, -0.2) is 9.97 Å². The van der Waals surface area contributed by atoms with Crippen molar-refractivity contribution in [3.05, 3.63) is 180 Å². The average molecular weight is 669 g/mol. The molecule has 7 aromatic carbocycles. The van der Waals surface area contributed by atoms with E-state index in [-0.39, 0.29) is 0 Å². The SMILES string of the molecule is Cc1cc(N(c2ccccn2)c2cccc3ccccc23)c2ccc3c(C)cc(N(c4ccccn4)c4cccc5ccccc45)c4c3c2c1CC4. The zero-order valence-electron chi connectivity index (χ0n) is 29.2. The monoisotopic (exact) mass is 668 g/mol. The Kier molecular flexibility index (Phi) is 7.03. The van der Waals surface area contributed by atoms with Gasteiger partial charge in [-0.05, 0) is 124 Å². The number of pyridine rings is 2. The van der Waals surface area contributed by atoms with Crippen molar-refractivity contribution in [2.75, 3.05) is 9.80 Å². The molecule has 4 heteroatoms. The van der Waals surface area contributed by atoms with Gasteiger partial charge in [-0.2, -0.15) is 0 Å². The molecular weight excluding hydrogens is 633 g/mol. The topological polar surface area (TPSA) is 32.3 Å². The van der Waals surface area contributed by atoms with Crippen LogP contribution in [0.2, 0.25) is 0 Å². The summed E-state index contributed by atoms with van der Waals surface area (Å²) in [6.45, 7) is 4.55. The number of aromatic nitrogens is 2. The lowest BCUT2D eigenvalue weighted by molar-refractivity contribution is 0.951. The van der Waals surface area contributed by atoms with Gasteiger partial charge in [-0.3, -0.25) is 9.80 Å². The summed E-state index contributed by atoms with van der Waals surface area (Å²) < 4.78 is 0. The number of hydrogen-bond acceptors (Lipinski definition) is 4. The number of nitrogens with zero attached hydrogens (tertiary/aromatic N) is 4. The van der Waals surface area contributed by atoms with Gasteiger partial charge in [0.25, 0.3) is 0 Å². The van der Waals surface area contributed by atoms with Gasteiger partial charge in [-0.25, -0.2) is 9.97 Å². The molecule has 0 unspecified atom stereocenters. The van der Waals surface area contributed by atoms with Crippen LogP contribution in [0.3, 0.4) is 0 Å². The molecule has 0 saturated carbocycles. The van der Waals surface area contributed by atoms with Crippen LogP contribution in [0.15, 0.2) is 158 Å². The largest absolute Gasteiger partial charge is 0.294 e. The third-order valence-electron chi connectivity index (χ3n) is 10.9. The number of aryl methyl sites for hydroxylation is 4. The van der Waals surface area contributed by atoms with Crippen LogP contribution >= 0.6 is 0 Å². The van der Waals surface area contributed by atoms with E-state index in [1.807, 2.05) is 24.5 Å². The maximum Gasteiger partial charge on any atom is 0.137 e. The minimum atomic E-state index is 0.895. The molecule has 248 valence electrons. The molecule has 0 atom stereocenters. The Balaban J connectivity index is 1.30. The molecule has 0 N–H and O–H groups in total. The third-order valence-corrected chi connectivity index (χ3v) is 10.9. The third kappa shape index (κ3) is 4.68. The highest BCUT2D eigenvalue weighted by atomic mass is 15.2. The summed E-state index contributed by atoms with van der Waals surface area (Å²) in [6.07, 6.45) is 5.70. The molecule has 0 fully saturated rings. The standard InChI is InChI=1S/C48H36N4/c1-31-29-43(51(45-21-7-9-27-49-45)41-19-11-15-33-13-3-5-17-37(33)41)39-26-24-36-32(2)30-44(40-25-23-35(31)47(39)48(36)40)52(46-22-8-10-28-50-46)42-20-12-16-34-14-4-6-18-38(34)42/h3-23,25,27-30H,24,26H2,1-2H3. The highest BCUT2D eigenvalue weighted by Gasteiger charge is 2.28. The van der Waals surface area contributed by atoms with E-state index in [2.05, 4.69) is 157 Å². The smallest absolute Gasteiger partial charge is 0.137 e. The maximum absolute atomic E-state index is 4.96. The van der Waals surface area contributed by atoms with Crippen LogP contribution in [0.25, 0.3) is 43.1 Å². The van der Waals surface area contributed by atoms with Crippen LogP contribution in [0.4, 0.5) is 34.4 Å². The Morgan fingerprint density at radius 3 is 1.52 bits per heavy atom. The van der Waals surface area contributed by atoms with Gasteiger partial charge < -0.3 is 0 Å². The minimum Gasteiger partial charge on any atom is -0.294 e. The lowest BCUT2D eigenvalue weighted by atomic mass is 9.81. The van der Waals surface area contributed by atoms with E-state index in [4.69, 9.17) is 9.97 Å². The molecule has 2 aromatic heterocycles. The average Bonchev–Trinajstić information content (AvgIpc) is 3.20.